The molecule has 1 aliphatic rings. The molecule has 1 saturated heterocycles. The molecule has 1 aromatic carbocycles. The number of nitrogens with zero attached hydrogens (tertiary/aromatic N) is 2. The zero-order valence-electron chi connectivity index (χ0n) is 13.0. The van der Waals surface area contributed by atoms with E-state index in [0.29, 0.717) is 24.0 Å². The number of benzene rings is 1. The van der Waals surface area contributed by atoms with Gasteiger partial charge in [-0.25, -0.2) is 5.43 Å². The fraction of sp³-hybridized carbons (Fsp3) is 0.250. The van der Waals surface area contributed by atoms with Crippen LogP contribution in [-0.4, -0.2) is 38.4 Å². The van der Waals surface area contributed by atoms with E-state index >= 15 is 0 Å². The maximum atomic E-state index is 12.1. The van der Waals surface area contributed by atoms with E-state index in [0.717, 1.165) is 23.4 Å². The lowest BCUT2D eigenvalue weighted by Crippen LogP contribution is -2.36. The van der Waals surface area contributed by atoms with Gasteiger partial charge in [-0.05, 0) is 34.1 Å². The van der Waals surface area contributed by atoms with Crippen LogP contribution in [0.1, 0.15) is 16.1 Å². The van der Waals surface area contributed by atoms with Crippen molar-refractivity contribution in [3.63, 3.8) is 0 Å². The van der Waals surface area contributed by atoms with Gasteiger partial charge in [0.2, 0.25) is 5.88 Å². The third-order valence-electron chi connectivity index (χ3n) is 3.52. The maximum Gasteiger partial charge on any atom is 0.272 e. The number of hydrogen-bond donors (Lipinski definition) is 1. The molecule has 0 atom stereocenters. The number of morpholine rings is 1. The first-order valence-electron chi connectivity index (χ1n) is 7.45. The van der Waals surface area contributed by atoms with Crippen LogP contribution in [0.2, 0.25) is 10.0 Å². The minimum atomic E-state index is -0.433. The molecule has 132 valence electrons. The fourth-order valence-electron chi connectivity index (χ4n) is 2.31. The Hall–Kier alpha value is -1.54. The lowest BCUT2D eigenvalue weighted by atomic mass is 10.2. The fourth-order valence-corrected chi connectivity index (χ4v) is 3.36. The quantitative estimate of drug-likeness (QED) is 0.570. The van der Waals surface area contributed by atoms with Crippen LogP contribution in [0.4, 0.5) is 5.88 Å². The van der Waals surface area contributed by atoms with Gasteiger partial charge >= 0.3 is 0 Å². The van der Waals surface area contributed by atoms with Crippen molar-refractivity contribution in [2.24, 2.45) is 5.10 Å². The van der Waals surface area contributed by atoms with Crippen LogP contribution in [0.5, 0.6) is 0 Å². The standard InChI is InChI=1S/C16H14BrCl2N3O3/c17-13-8-11(25-16(13)22-3-5-24-6-4-22)9-20-21-15(23)12-2-1-10(18)7-14(12)19/h1-2,7-9H,3-6H2,(H,21,23)/b20-9-. The summed E-state index contributed by atoms with van der Waals surface area (Å²) in [6.07, 6.45) is 1.43. The second-order valence-electron chi connectivity index (χ2n) is 5.22. The van der Waals surface area contributed by atoms with Crippen molar-refractivity contribution in [1.82, 2.24) is 5.43 Å². The Bertz CT molecular complexity index is 804. The smallest absolute Gasteiger partial charge is 0.272 e. The molecule has 0 aliphatic carbocycles. The molecule has 1 fully saturated rings. The van der Waals surface area contributed by atoms with E-state index in [-0.39, 0.29) is 10.6 Å². The van der Waals surface area contributed by atoms with Crippen molar-refractivity contribution >= 4 is 57.1 Å². The summed E-state index contributed by atoms with van der Waals surface area (Å²) in [5.74, 6) is 0.796. The third kappa shape index (κ3) is 4.55. The van der Waals surface area contributed by atoms with Crippen LogP contribution in [-0.2, 0) is 4.74 Å². The molecule has 9 heteroatoms. The minimum Gasteiger partial charge on any atom is -0.438 e. The van der Waals surface area contributed by atoms with Crippen LogP contribution in [0.25, 0.3) is 0 Å². The molecular formula is C16H14BrCl2N3O3. The highest BCUT2D eigenvalue weighted by Gasteiger charge is 2.18. The predicted octanol–water partition coefficient (Wildman–Crippen LogP) is 3.95. The van der Waals surface area contributed by atoms with Gasteiger partial charge in [-0.1, -0.05) is 23.2 Å². The van der Waals surface area contributed by atoms with E-state index in [1.807, 2.05) is 0 Å². The molecule has 1 aliphatic heterocycles. The molecule has 1 amide bonds. The van der Waals surface area contributed by atoms with E-state index in [2.05, 4.69) is 31.4 Å². The van der Waals surface area contributed by atoms with Crippen molar-refractivity contribution in [3.8, 4) is 0 Å². The lowest BCUT2D eigenvalue weighted by molar-refractivity contribution is 0.0955. The summed E-state index contributed by atoms with van der Waals surface area (Å²) in [6.45, 7) is 2.84. The number of furan rings is 1. The number of amides is 1. The van der Waals surface area contributed by atoms with Gasteiger partial charge in [0, 0.05) is 24.2 Å². The van der Waals surface area contributed by atoms with Crippen molar-refractivity contribution in [2.45, 2.75) is 0 Å². The molecule has 0 unspecified atom stereocenters. The first-order valence-corrected chi connectivity index (χ1v) is 9.00. The van der Waals surface area contributed by atoms with Crippen LogP contribution >= 0.6 is 39.1 Å². The van der Waals surface area contributed by atoms with Crippen molar-refractivity contribution in [2.75, 3.05) is 31.2 Å². The number of anilines is 1. The summed E-state index contributed by atoms with van der Waals surface area (Å²) >= 11 is 15.3. The summed E-state index contributed by atoms with van der Waals surface area (Å²) in [5.41, 5.74) is 2.70. The van der Waals surface area contributed by atoms with Gasteiger partial charge in [0.25, 0.3) is 5.91 Å². The van der Waals surface area contributed by atoms with E-state index in [9.17, 15) is 4.79 Å². The number of ether oxygens (including phenoxy) is 1. The summed E-state index contributed by atoms with van der Waals surface area (Å²) in [4.78, 5) is 14.2. The average molecular weight is 447 g/mol. The highest BCUT2D eigenvalue weighted by atomic mass is 79.9. The zero-order chi connectivity index (χ0) is 17.8. The van der Waals surface area contributed by atoms with Crippen molar-refractivity contribution < 1.29 is 13.9 Å². The van der Waals surface area contributed by atoms with Crippen LogP contribution < -0.4 is 10.3 Å². The number of nitrogens with one attached hydrogen (secondary N) is 1. The number of rotatable bonds is 4. The SMILES string of the molecule is O=C(N/N=C\c1cc(Br)c(N2CCOCC2)o1)c1ccc(Cl)cc1Cl. The Morgan fingerprint density at radius 1 is 1.28 bits per heavy atom. The summed E-state index contributed by atoms with van der Waals surface area (Å²) in [6, 6.07) is 6.41. The summed E-state index contributed by atoms with van der Waals surface area (Å²) < 4.78 is 11.9. The molecule has 2 aromatic rings. The molecule has 0 radical (unpaired) electrons. The first kappa shape index (κ1) is 18.3. The second-order valence-corrected chi connectivity index (χ2v) is 6.92. The molecule has 1 N–H and O–H groups in total. The molecule has 0 bridgehead atoms. The second kappa shape index (κ2) is 8.23. The number of halogens is 3. The van der Waals surface area contributed by atoms with Gasteiger partial charge in [0.15, 0.2) is 5.76 Å². The average Bonchev–Trinajstić information content (AvgIpc) is 2.96. The monoisotopic (exact) mass is 445 g/mol. The number of carbonyl (C=O) groups is 1. The number of carbonyl (C=O) groups excluding carboxylic acids is 1. The van der Waals surface area contributed by atoms with Crippen molar-refractivity contribution in [1.29, 1.82) is 0 Å². The Balaban J connectivity index is 1.65. The molecule has 6 nitrogen and oxygen atoms in total. The van der Waals surface area contributed by atoms with E-state index in [1.54, 1.807) is 12.1 Å². The van der Waals surface area contributed by atoms with Gasteiger partial charge < -0.3 is 14.1 Å². The summed E-state index contributed by atoms with van der Waals surface area (Å²) in [7, 11) is 0. The van der Waals surface area contributed by atoms with Crippen LogP contribution in [0.3, 0.4) is 0 Å². The molecule has 25 heavy (non-hydrogen) atoms. The molecular weight excluding hydrogens is 433 g/mol. The molecule has 2 heterocycles. The lowest BCUT2D eigenvalue weighted by Gasteiger charge is -2.26. The predicted molar refractivity (Wildman–Crippen MR) is 101 cm³/mol. The highest BCUT2D eigenvalue weighted by Crippen LogP contribution is 2.30. The first-order chi connectivity index (χ1) is 12.0. The normalized spacial score (nSPS) is 14.9. The highest BCUT2D eigenvalue weighted by molar-refractivity contribution is 9.10. The van der Waals surface area contributed by atoms with Gasteiger partial charge in [-0.3, -0.25) is 4.79 Å². The van der Waals surface area contributed by atoms with Gasteiger partial charge in [0.05, 0.1) is 34.5 Å². The molecule has 0 saturated carbocycles. The Morgan fingerprint density at radius 3 is 2.76 bits per heavy atom. The zero-order valence-corrected chi connectivity index (χ0v) is 16.1. The molecule has 3 rings (SSSR count). The Kier molecular flexibility index (Phi) is 6.01. The maximum absolute atomic E-state index is 12.1. The van der Waals surface area contributed by atoms with E-state index in [4.69, 9.17) is 32.4 Å². The third-order valence-corrected chi connectivity index (χ3v) is 4.64. The summed E-state index contributed by atoms with van der Waals surface area (Å²) in [5, 5.41) is 4.63. The van der Waals surface area contributed by atoms with Crippen LogP contribution in [0, 0.1) is 0 Å². The molecule has 1 aromatic heterocycles. The van der Waals surface area contributed by atoms with Crippen molar-refractivity contribution in [3.05, 3.63) is 50.1 Å². The molecule has 0 spiro atoms. The Morgan fingerprint density at radius 2 is 2.04 bits per heavy atom. The van der Waals surface area contributed by atoms with E-state index in [1.165, 1.54) is 18.3 Å². The number of hydrazone groups is 1. The largest absolute Gasteiger partial charge is 0.438 e. The van der Waals surface area contributed by atoms with Crippen LogP contribution in [0.15, 0.2) is 38.3 Å². The number of hydrogen-bond acceptors (Lipinski definition) is 5. The minimum absolute atomic E-state index is 0.260. The van der Waals surface area contributed by atoms with Gasteiger partial charge in [0.1, 0.15) is 0 Å². The Labute approximate surface area is 162 Å². The topological polar surface area (TPSA) is 67.1 Å². The van der Waals surface area contributed by atoms with Gasteiger partial charge in [-0.15, -0.1) is 0 Å². The van der Waals surface area contributed by atoms with E-state index < -0.39 is 5.91 Å². The van der Waals surface area contributed by atoms with Gasteiger partial charge in [-0.2, -0.15) is 5.10 Å².